The Kier molecular flexibility index (Phi) is 28.5. The van der Waals surface area contributed by atoms with E-state index in [1.165, 1.54) is 0 Å². The van der Waals surface area contributed by atoms with Crippen LogP contribution in [0.5, 0.6) is 0 Å². The van der Waals surface area contributed by atoms with E-state index in [0.29, 0.717) is 0 Å². The molecule has 0 saturated carbocycles. The second-order valence-corrected chi connectivity index (χ2v) is 26.8. The molecule has 0 radical (unpaired) electrons. The molecule has 10 aliphatic rings. The van der Waals surface area contributed by atoms with Crippen molar-refractivity contribution in [1.29, 1.82) is 0 Å². The Morgan fingerprint density at radius 3 is 1.06 bits per heavy atom. The smallest absolute Gasteiger partial charge is 0.364 e. The minimum atomic E-state index is -2.45. The summed E-state index contributed by atoms with van der Waals surface area (Å²) in [5.74, 6) is -9.70. The van der Waals surface area contributed by atoms with Gasteiger partial charge in [-0.3, -0.25) is 0 Å². The Balaban J connectivity index is 0.739. The monoisotopic (exact) mass is 1590 g/mol. The molecular formula is C57H88O51. The number of aliphatic carboxylic acids is 4. The second kappa shape index (κ2) is 35.5. The van der Waals surface area contributed by atoms with Gasteiger partial charge < -0.3 is 233 Å². The highest BCUT2D eigenvalue weighted by Crippen LogP contribution is 2.41. The van der Waals surface area contributed by atoms with E-state index in [2.05, 4.69) is 0 Å². The summed E-state index contributed by atoms with van der Waals surface area (Å²) in [5, 5.41) is 302. The molecule has 0 bridgehead atoms. The molecule has 46 atom stereocenters. The minimum absolute atomic E-state index is 0.585. The number of aliphatic hydroxyl groups is 24. The SMILES string of the molecule is CC1(C(=O)O)OC[C@H]2O[C@H](O[C@H]3[C@H](O)[C@@H](O)[C@H](O[C@@H]4[C@@H](O)[C@H](O[C@H]5[C@H](O)[C@@H](O)[C@H](O[C@H]6[C@H](O)[C@@H](O)[C@H](OC[C@H]7O[C@H](O)[C@H](O)[C@@H](O)[C@@H]7O[C@@H]7O[C@H](CO)[C@@H](O[C@@H]8O[C@H](C(=O)O)[C@@H](O[C@@H]9O[C@H](C(=O)O)[C@@H](O)[C@H](O)[C@H]9O)[C@H](O)[C@H]8O)[C@H](O)[C@H]7O)O[C@@H]6CO)O[C@@H]5CO)O[C@H](CO)[C@H]4O)O[C@@H]3C(=O)O)[C@H](O)[C@@H](O)[C@H]2O1. The summed E-state index contributed by atoms with van der Waals surface area (Å²) >= 11 is 0. The molecule has 28 N–H and O–H groups in total. The first-order chi connectivity index (χ1) is 50.8. The van der Waals surface area contributed by atoms with Crippen LogP contribution in [0.4, 0.5) is 0 Å². The molecule has 10 saturated heterocycles. The van der Waals surface area contributed by atoms with Crippen molar-refractivity contribution in [3.8, 4) is 0 Å². The van der Waals surface area contributed by atoms with Gasteiger partial charge in [-0.25, -0.2) is 19.2 Å². The van der Waals surface area contributed by atoms with Crippen LogP contribution in [0.3, 0.4) is 0 Å². The lowest BCUT2D eigenvalue weighted by Gasteiger charge is -2.50. The van der Waals surface area contributed by atoms with Gasteiger partial charge in [-0.2, -0.15) is 0 Å². The second-order valence-electron chi connectivity index (χ2n) is 26.8. The first-order valence-electron chi connectivity index (χ1n) is 33.2. The summed E-state index contributed by atoms with van der Waals surface area (Å²) in [5.41, 5.74) is 0. The number of rotatable bonds is 25. The zero-order valence-electron chi connectivity index (χ0n) is 55.6. The van der Waals surface area contributed by atoms with Crippen LogP contribution in [-0.2, 0) is 109 Å². The fourth-order valence-corrected chi connectivity index (χ4v) is 13.6. The highest BCUT2D eigenvalue weighted by molar-refractivity contribution is 5.75. The third-order valence-corrected chi connectivity index (χ3v) is 19.7. The maximum absolute atomic E-state index is 12.6. The zero-order chi connectivity index (χ0) is 79.5. The van der Waals surface area contributed by atoms with E-state index in [0.717, 1.165) is 6.92 Å². The number of hydrogen-bond acceptors (Lipinski definition) is 47. The van der Waals surface area contributed by atoms with Crippen molar-refractivity contribution in [1.82, 2.24) is 0 Å². The van der Waals surface area contributed by atoms with Crippen LogP contribution in [0.1, 0.15) is 6.92 Å². The molecule has 0 aromatic rings. The molecule has 0 amide bonds. The quantitative estimate of drug-likeness (QED) is 0.0404. The van der Waals surface area contributed by atoms with Gasteiger partial charge in [-0.05, 0) is 0 Å². The van der Waals surface area contributed by atoms with E-state index in [1.54, 1.807) is 0 Å². The molecule has 10 aliphatic heterocycles. The molecule has 10 rings (SSSR count). The third-order valence-electron chi connectivity index (χ3n) is 19.7. The van der Waals surface area contributed by atoms with Crippen molar-refractivity contribution in [2.75, 3.05) is 39.6 Å². The zero-order valence-corrected chi connectivity index (χ0v) is 55.6. The van der Waals surface area contributed by atoms with Crippen LogP contribution in [-0.4, -0.2) is 489 Å². The van der Waals surface area contributed by atoms with E-state index < -0.39 is 346 Å². The predicted octanol–water partition coefficient (Wildman–Crippen LogP) is -19.5. The molecular weight excluding hydrogens is 1500 g/mol. The highest BCUT2D eigenvalue weighted by Gasteiger charge is 2.62. The van der Waals surface area contributed by atoms with E-state index in [9.17, 15) is 162 Å². The Hall–Kier alpha value is -3.84. The maximum Gasteiger partial charge on any atom is 0.364 e. The first-order valence-corrected chi connectivity index (χ1v) is 33.2. The lowest BCUT2D eigenvalue weighted by Crippen LogP contribution is -2.69. The van der Waals surface area contributed by atoms with Crippen molar-refractivity contribution in [3.05, 3.63) is 0 Å². The van der Waals surface area contributed by atoms with E-state index in [4.69, 9.17) is 90.0 Å². The lowest BCUT2D eigenvalue weighted by atomic mass is 9.95. The van der Waals surface area contributed by atoms with Crippen LogP contribution in [0.25, 0.3) is 0 Å². The van der Waals surface area contributed by atoms with Crippen LogP contribution in [0.2, 0.25) is 0 Å². The van der Waals surface area contributed by atoms with E-state index >= 15 is 0 Å². The minimum Gasteiger partial charge on any atom is -0.479 e. The average molecular weight is 1590 g/mol. The van der Waals surface area contributed by atoms with Gasteiger partial charge in [0.15, 0.2) is 74.9 Å². The molecule has 10 fully saturated rings. The fourth-order valence-electron chi connectivity index (χ4n) is 13.6. The molecule has 1 unspecified atom stereocenters. The van der Waals surface area contributed by atoms with Crippen molar-refractivity contribution in [2.45, 2.75) is 289 Å². The maximum atomic E-state index is 12.6. The molecule has 108 heavy (non-hydrogen) atoms. The normalized spacial score (nSPS) is 52.4. The van der Waals surface area contributed by atoms with Crippen LogP contribution in [0.15, 0.2) is 0 Å². The Bertz CT molecular complexity index is 2960. The van der Waals surface area contributed by atoms with Crippen LogP contribution >= 0.6 is 0 Å². The van der Waals surface area contributed by atoms with Gasteiger partial charge in [0, 0.05) is 6.92 Å². The van der Waals surface area contributed by atoms with E-state index in [-0.39, 0.29) is 0 Å². The van der Waals surface area contributed by atoms with E-state index in [1.807, 2.05) is 0 Å². The number of carbonyl (C=O) groups is 4. The summed E-state index contributed by atoms with van der Waals surface area (Å²) in [6, 6.07) is 0. The first kappa shape index (κ1) is 86.6. The van der Waals surface area contributed by atoms with Crippen LogP contribution < -0.4 is 0 Å². The number of carboxylic acids is 4. The Morgan fingerprint density at radius 1 is 0.315 bits per heavy atom. The van der Waals surface area contributed by atoms with Gasteiger partial charge in [-0.1, -0.05) is 0 Å². The molecule has 622 valence electrons. The highest BCUT2D eigenvalue weighted by atomic mass is 16.8. The molecule has 0 spiro atoms. The summed E-state index contributed by atoms with van der Waals surface area (Å²) in [4.78, 5) is 48.4. The number of ether oxygens (including phenoxy) is 19. The van der Waals surface area contributed by atoms with Gasteiger partial charge in [0.05, 0.1) is 39.6 Å². The van der Waals surface area contributed by atoms with Crippen molar-refractivity contribution >= 4 is 23.9 Å². The molecule has 51 heteroatoms. The van der Waals surface area contributed by atoms with Crippen LogP contribution in [0, 0.1) is 0 Å². The molecule has 10 heterocycles. The largest absolute Gasteiger partial charge is 0.479 e. The number of fused-ring (bicyclic) bond motifs is 1. The summed E-state index contributed by atoms with van der Waals surface area (Å²) in [6.45, 7) is -5.31. The van der Waals surface area contributed by atoms with Crippen molar-refractivity contribution < 1.29 is 252 Å². The topological polar surface area (TPSA) is 810 Å². The molecule has 0 aromatic heterocycles. The number of carboxylic acid groups (broad SMARTS) is 4. The lowest BCUT2D eigenvalue weighted by molar-refractivity contribution is -0.402. The Morgan fingerprint density at radius 2 is 0.639 bits per heavy atom. The summed E-state index contributed by atoms with van der Waals surface area (Å²) in [7, 11) is 0. The third kappa shape index (κ3) is 17.3. The van der Waals surface area contributed by atoms with Gasteiger partial charge in [0.25, 0.3) is 5.79 Å². The number of hydrogen-bond donors (Lipinski definition) is 28. The van der Waals surface area contributed by atoms with Crippen molar-refractivity contribution in [2.24, 2.45) is 0 Å². The summed E-state index contributed by atoms with van der Waals surface area (Å²) in [6.07, 6.45) is -98.3. The molecule has 0 aliphatic carbocycles. The number of aliphatic hydroxyl groups excluding tert-OH is 24. The predicted molar refractivity (Wildman–Crippen MR) is 312 cm³/mol. The average Bonchev–Trinajstić information content (AvgIpc) is 0.770. The van der Waals surface area contributed by atoms with Gasteiger partial charge >= 0.3 is 23.9 Å². The van der Waals surface area contributed by atoms with Crippen molar-refractivity contribution in [3.63, 3.8) is 0 Å². The molecule has 0 aromatic carbocycles. The van der Waals surface area contributed by atoms with Gasteiger partial charge in [0.2, 0.25) is 0 Å². The fraction of sp³-hybridized carbons (Fsp3) is 0.930. The standard InChI is InChI=1S/C57H88O51/c1-57(56(88)89)91-7-13-37(108-57)21(69)29(77)51(97-13)103-39-23(71)31(79)54(107-42(39)45(83)84)102-38-14(62)8(2-58)93-55(32(38)80)100-35-11(5-61)95-49(27(75)20(35)68)98-33-9(3-59)94-48(26(74)18(33)66)90-6-12-36(17(65)24(72)47(87)92-12)101-50-28(76)19(67)34(10(4-60)96-50)99-53-30(78)22(70)40(43(106-53)46(85)86)104-52-25(73)15(63)16(64)41(105-52)44(81)82/h8-43,47-55,58-80,87H,2-7H2,1H3,(H,81,82)(H,83,84)(H,85,86)(H,88,89)/t8-,9-,10-,11-,12-,13-,14-,15+,16+,17-,18-,19-,20-,21-,22-,23-,24-,25-,26-,27-,28-,29-,30-,31-,32-,33-,34-,35-,36-,37+,38+,39+,40+,41+,42+,43+,47+,48-,49+,50+,51-,52-,53-,54-,55+,57?/m1/s1. The van der Waals surface area contributed by atoms with Gasteiger partial charge in [-0.15, -0.1) is 0 Å². The Labute approximate surface area is 603 Å². The molecule has 51 nitrogen and oxygen atoms in total. The van der Waals surface area contributed by atoms with Gasteiger partial charge in [0.1, 0.15) is 201 Å². The summed E-state index contributed by atoms with van der Waals surface area (Å²) < 4.78 is 104.